The molecule has 2 aliphatic rings. The largest absolute Gasteiger partial charge is 0.472 e. The maximum Gasteiger partial charge on any atom is 0.472 e. The van der Waals surface area contributed by atoms with Crippen LogP contribution in [-0.4, -0.2) is 101 Å². The summed E-state index contributed by atoms with van der Waals surface area (Å²) in [6.45, 7) is 0.310. The Hall–Kier alpha value is -3.75. The minimum Gasteiger partial charge on any atom is -0.394 e. The molecule has 0 saturated carbocycles. The Morgan fingerprint density at radius 2 is 1.87 bits per heavy atom. The van der Waals surface area contributed by atoms with Crippen LogP contribution in [0.3, 0.4) is 0 Å². The quantitative estimate of drug-likeness (QED) is 0.0333. The Bertz CT molecular complexity index is 1640. The predicted octanol–water partition coefficient (Wildman–Crippen LogP) is -2.58. The minimum absolute atomic E-state index is 0.0424. The van der Waals surface area contributed by atoms with Crippen LogP contribution < -0.4 is 33.2 Å². The molecular weight excluding hydrogens is 641 g/mol. The minimum atomic E-state index is -4.73. The average molecular weight is 683 g/mol. The summed E-state index contributed by atoms with van der Waals surface area (Å²) in [5.74, 6) is 0.795. The Kier molecular flexibility index (Phi) is 11.4. The molecule has 2 aliphatic heterocycles. The molecule has 2 saturated heterocycles. The van der Waals surface area contributed by atoms with Gasteiger partial charge >= 0.3 is 19.5 Å². The van der Waals surface area contributed by atoms with E-state index in [0.717, 1.165) is 25.7 Å². The van der Waals surface area contributed by atoms with Crippen LogP contribution in [0, 0.1) is 0 Å². The maximum absolute atomic E-state index is 12.9. The second kappa shape index (κ2) is 15.4. The van der Waals surface area contributed by atoms with E-state index in [4.69, 9.17) is 35.7 Å². The van der Waals surface area contributed by atoms with Crippen molar-refractivity contribution in [3.05, 3.63) is 35.4 Å². The lowest BCUT2D eigenvalue weighted by Crippen LogP contribution is -2.78. The second-order valence-corrected chi connectivity index (χ2v) is 12.6. The molecular formula is C26H41N11O9P+. The molecule has 2 fully saturated rings. The molecule has 0 aromatic carbocycles. The lowest BCUT2D eigenvalue weighted by molar-refractivity contribution is -0.459. The summed E-state index contributed by atoms with van der Waals surface area (Å²) in [5, 5.41) is 23.5. The van der Waals surface area contributed by atoms with E-state index in [1.807, 2.05) is 0 Å². The number of phosphoric ester groups is 1. The van der Waals surface area contributed by atoms with Crippen molar-refractivity contribution < 1.29 is 43.2 Å². The normalized spacial score (nSPS) is 25.6. The number of aliphatic hydroxyl groups is 2. The fraction of sp³-hybridized carbons (Fsp3) is 0.615. The third kappa shape index (κ3) is 8.79. The van der Waals surface area contributed by atoms with Crippen LogP contribution in [0.25, 0.3) is 11.2 Å². The third-order valence-electron chi connectivity index (χ3n) is 7.81. The van der Waals surface area contributed by atoms with E-state index in [2.05, 4.69) is 30.2 Å². The van der Waals surface area contributed by atoms with Crippen LogP contribution >= 0.6 is 7.82 Å². The molecule has 0 spiro atoms. The number of guanidine groups is 1. The molecule has 21 heteroatoms. The number of nitrogen functional groups attached to an aromatic ring is 1. The highest BCUT2D eigenvalue weighted by Gasteiger charge is 2.43. The van der Waals surface area contributed by atoms with Crippen molar-refractivity contribution in [3.63, 3.8) is 0 Å². The Balaban J connectivity index is 1.10. The summed E-state index contributed by atoms with van der Waals surface area (Å²) in [5.41, 5.74) is 16.7. The number of fused-ring (bicyclic) bond motifs is 1. The summed E-state index contributed by atoms with van der Waals surface area (Å²) < 4.78 is 37.8. The number of unbranched alkanes of at least 4 members (excludes halogenated alkanes) is 3. The number of hydrogen-bond acceptors (Lipinski definition) is 14. The van der Waals surface area contributed by atoms with Gasteiger partial charge in [0.05, 0.1) is 32.2 Å². The number of hydrogen-bond donors (Lipinski definition) is 8. The zero-order valence-corrected chi connectivity index (χ0v) is 26.4. The molecule has 258 valence electrons. The van der Waals surface area contributed by atoms with E-state index >= 15 is 0 Å². The molecule has 3 aromatic rings. The molecule has 7 unspecified atom stereocenters. The van der Waals surface area contributed by atoms with Crippen molar-refractivity contribution in [1.82, 2.24) is 29.1 Å². The molecule has 0 radical (unpaired) electrons. The number of nitrogens with zero attached hydrogens (tertiary/aromatic N) is 6. The molecule has 20 nitrogen and oxygen atoms in total. The van der Waals surface area contributed by atoms with Crippen molar-refractivity contribution in [2.75, 3.05) is 37.4 Å². The fourth-order valence-electron chi connectivity index (χ4n) is 5.42. The predicted molar refractivity (Wildman–Crippen MR) is 165 cm³/mol. The van der Waals surface area contributed by atoms with Crippen molar-refractivity contribution in [1.29, 1.82) is 0 Å². The van der Waals surface area contributed by atoms with Gasteiger partial charge in [-0.2, -0.15) is 4.98 Å². The van der Waals surface area contributed by atoms with E-state index in [1.54, 1.807) is 10.6 Å². The highest BCUT2D eigenvalue weighted by atomic mass is 31.2. The van der Waals surface area contributed by atoms with Gasteiger partial charge in [0, 0.05) is 25.6 Å². The summed E-state index contributed by atoms with van der Waals surface area (Å²) in [7, 11) is -4.73. The number of ether oxygens (including phenoxy) is 2. The van der Waals surface area contributed by atoms with E-state index in [9.17, 15) is 24.5 Å². The van der Waals surface area contributed by atoms with Gasteiger partial charge in [-0.15, -0.1) is 0 Å². The second-order valence-electron chi connectivity index (χ2n) is 11.2. The van der Waals surface area contributed by atoms with Crippen LogP contribution in [-0.2, 0) is 23.1 Å². The van der Waals surface area contributed by atoms with Gasteiger partial charge in [-0.3, -0.25) is 34.6 Å². The number of rotatable bonds is 16. The van der Waals surface area contributed by atoms with Crippen molar-refractivity contribution in [2.24, 2.45) is 11.5 Å². The lowest BCUT2D eigenvalue weighted by atomic mass is 10.2. The van der Waals surface area contributed by atoms with Gasteiger partial charge < -0.3 is 35.6 Å². The van der Waals surface area contributed by atoms with Crippen LogP contribution in [0.1, 0.15) is 51.0 Å². The summed E-state index contributed by atoms with van der Waals surface area (Å²) in [6.07, 6.45) is 2.34. The van der Waals surface area contributed by atoms with Crippen molar-refractivity contribution >= 4 is 36.6 Å². The standard InChI is InChI=1S/C26H40N11O9P/c27-23-22-24(33-13-32-23)37(14-34-22)20-9-15(39)18(45-20)12-43-47(41,42)46-16-10-21(44-17(16)11-38)36-8-5-19(35-26(36)40)30-6-3-1-2-4-7-31-25(28)29/h5,8,13-18,20-21,38-39H,1-4,6-7,9-12H2,(H,41,42)(H2,27,32,33)(H4,28,29,31)(H,30,35,40)/p+1. The number of anilines is 2. The molecule has 0 amide bonds. The van der Waals surface area contributed by atoms with Gasteiger partial charge in [0.1, 0.15) is 48.4 Å². The Morgan fingerprint density at radius 3 is 2.64 bits per heavy atom. The molecule has 0 bridgehead atoms. The molecule has 0 aliphatic carbocycles. The summed E-state index contributed by atoms with van der Waals surface area (Å²) >= 11 is 0. The monoisotopic (exact) mass is 682 g/mol. The van der Waals surface area contributed by atoms with Crippen LogP contribution in [0.5, 0.6) is 0 Å². The first kappa shape index (κ1) is 34.6. The zero-order valence-electron chi connectivity index (χ0n) is 25.5. The van der Waals surface area contributed by atoms with E-state index in [1.165, 1.54) is 23.4 Å². The van der Waals surface area contributed by atoms with Crippen LogP contribution in [0.4, 0.5) is 11.6 Å². The molecule has 7 atom stereocenters. The molecule has 5 rings (SSSR count). The van der Waals surface area contributed by atoms with Crippen molar-refractivity contribution in [3.8, 4) is 0 Å². The number of imidazole rings is 1. The van der Waals surface area contributed by atoms with Crippen LogP contribution in [0.15, 0.2) is 29.7 Å². The molecule has 11 N–H and O–H groups in total. The van der Waals surface area contributed by atoms with Gasteiger partial charge in [-0.05, 0) is 18.9 Å². The Morgan fingerprint density at radius 1 is 1.11 bits per heavy atom. The molecule has 47 heavy (non-hydrogen) atoms. The first-order valence-electron chi connectivity index (χ1n) is 15.2. The average Bonchev–Trinajstić information content (AvgIpc) is 3.74. The number of nitrogens with two attached hydrogens (primary N) is 3. The fourth-order valence-corrected chi connectivity index (χ4v) is 6.38. The van der Waals surface area contributed by atoms with E-state index in [-0.39, 0.29) is 24.6 Å². The van der Waals surface area contributed by atoms with Gasteiger partial charge in [-0.25, -0.2) is 24.3 Å². The van der Waals surface area contributed by atoms with Gasteiger partial charge in [-0.1, -0.05) is 12.8 Å². The lowest BCUT2D eigenvalue weighted by Gasteiger charge is -2.21. The molecule has 3 aromatic heterocycles. The van der Waals surface area contributed by atoms with Crippen molar-refractivity contribution in [2.45, 2.75) is 75.4 Å². The van der Waals surface area contributed by atoms with Gasteiger partial charge in [0.25, 0.3) is 0 Å². The summed E-state index contributed by atoms with van der Waals surface area (Å²) in [6, 6.07) is 1.62. The number of aliphatic hydroxyl groups excluding tert-OH is 2. The highest BCUT2D eigenvalue weighted by molar-refractivity contribution is 7.47. The SMILES string of the molecule is NC(N)=[NH+]CCCCCCNc1ccn(C2CC(OP(=O)(O)OCC3OC(n4cnc5c(N)ncnc54)CC3O)C(CO)O2)c(=O)n1. The van der Waals surface area contributed by atoms with Gasteiger partial charge in [0.15, 0.2) is 11.5 Å². The number of phosphoric acid groups is 1. The molecule has 5 heterocycles. The number of aromatic nitrogens is 6. The zero-order chi connectivity index (χ0) is 33.6. The third-order valence-corrected chi connectivity index (χ3v) is 8.82. The highest BCUT2D eigenvalue weighted by Crippen LogP contribution is 2.49. The van der Waals surface area contributed by atoms with Crippen LogP contribution in [0.2, 0.25) is 0 Å². The van der Waals surface area contributed by atoms with Gasteiger partial charge in [0.2, 0.25) is 0 Å². The summed E-state index contributed by atoms with van der Waals surface area (Å²) in [4.78, 5) is 42.4. The first-order valence-corrected chi connectivity index (χ1v) is 16.7. The van der Waals surface area contributed by atoms with E-state index < -0.39 is 63.6 Å². The van der Waals surface area contributed by atoms with E-state index in [0.29, 0.717) is 30.1 Å². The smallest absolute Gasteiger partial charge is 0.394 e. The topological polar surface area (TPSA) is 297 Å². The first-order chi connectivity index (χ1) is 22.5. The Labute approximate surface area is 268 Å². The number of nitrogens with one attached hydrogen (secondary N) is 2. The maximum atomic E-state index is 12.9.